The van der Waals surface area contributed by atoms with Crippen LogP contribution in [0.25, 0.3) is 11.0 Å². The number of nitrogens with zero attached hydrogens (tertiary/aromatic N) is 4. The topological polar surface area (TPSA) is 81.7 Å². The summed E-state index contributed by atoms with van der Waals surface area (Å²) in [7, 11) is 0. The number of nitrogens with one attached hydrogen (secondary N) is 1. The highest BCUT2D eigenvalue weighted by Crippen LogP contribution is 2.20. The molecule has 0 saturated heterocycles. The van der Waals surface area contributed by atoms with Gasteiger partial charge in [0.2, 0.25) is 0 Å². The Morgan fingerprint density at radius 1 is 1.14 bits per heavy atom. The molecular formula is C15H18N6. The van der Waals surface area contributed by atoms with Crippen molar-refractivity contribution in [3.05, 3.63) is 54.4 Å². The van der Waals surface area contributed by atoms with Gasteiger partial charge in [-0.3, -0.25) is 21.2 Å². The minimum absolute atomic E-state index is 0.0101. The first-order chi connectivity index (χ1) is 10.3. The van der Waals surface area contributed by atoms with Crippen LogP contribution >= 0.6 is 0 Å². The van der Waals surface area contributed by atoms with Crippen LogP contribution in [0.3, 0.4) is 0 Å². The predicted octanol–water partition coefficient (Wildman–Crippen LogP) is 1.59. The fourth-order valence-corrected chi connectivity index (χ4v) is 2.47. The number of nitrogens with two attached hydrogens (primary N) is 1. The van der Waals surface area contributed by atoms with Crippen LogP contribution in [-0.4, -0.2) is 19.5 Å². The number of rotatable bonds is 5. The normalized spacial score (nSPS) is 12.7. The fourth-order valence-electron chi connectivity index (χ4n) is 2.47. The van der Waals surface area contributed by atoms with Gasteiger partial charge >= 0.3 is 0 Å². The molecule has 0 fully saturated rings. The summed E-state index contributed by atoms with van der Waals surface area (Å²) in [5.41, 5.74) is 5.70. The highest BCUT2D eigenvalue weighted by molar-refractivity contribution is 5.74. The standard InChI is InChI=1S/C15H18N6/c1-2-21-8-7-19-15(21)10-13(20-16)11-3-4-12-14(9-11)18-6-5-17-12/h3-9,13,20H,2,10,16H2,1H3. The summed E-state index contributed by atoms with van der Waals surface area (Å²) in [5, 5.41) is 0. The summed E-state index contributed by atoms with van der Waals surface area (Å²) in [4.78, 5) is 13.0. The Kier molecular flexibility index (Phi) is 3.89. The zero-order valence-corrected chi connectivity index (χ0v) is 11.9. The van der Waals surface area contributed by atoms with Gasteiger partial charge < -0.3 is 4.57 Å². The first-order valence-electron chi connectivity index (χ1n) is 6.98. The molecule has 6 heteroatoms. The van der Waals surface area contributed by atoms with Crippen LogP contribution in [0.2, 0.25) is 0 Å². The minimum Gasteiger partial charge on any atom is -0.335 e. The lowest BCUT2D eigenvalue weighted by Crippen LogP contribution is -2.30. The smallest absolute Gasteiger partial charge is 0.110 e. The van der Waals surface area contributed by atoms with Crippen molar-refractivity contribution in [3.63, 3.8) is 0 Å². The van der Waals surface area contributed by atoms with E-state index in [1.807, 2.05) is 30.6 Å². The van der Waals surface area contributed by atoms with Crippen LogP contribution in [0.4, 0.5) is 0 Å². The van der Waals surface area contributed by atoms with Crippen molar-refractivity contribution in [1.29, 1.82) is 0 Å². The van der Waals surface area contributed by atoms with E-state index in [1.54, 1.807) is 12.4 Å². The molecule has 0 aliphatic rings. The highest BCUT2D eigenvalue weighted by Gasteiger charge is 2.14. The molecule has 2 heterocycles. The van der Waals surface area contributed by atoms with Crippen molar-refractivity contribution < 1.29 is 0 Å². The maximum atomic E-state index is 5.73. The van der Waals surface area contributed by atoms with Crippen LogP contribution in [-0.2, 0) is 13.0 Å². The third-order valence-electron chi connectivity index (χ3n) is 3.63. The fraction of sp³-hybridized carbons (Fsp3) is 0.267. The van der Waals surface area contributed by atoms with E-state index >= 15 is 0 Å². The Bertz CT molecular complexity index is 736. The molecule has 0 aliphatic heterocycles. The van der Waals surface area contributed by atoms with Crippen LogP contribution in [0.5, 0.6) is 0 Å². The van der Waals surface area contributed by atoms with E-state index in [4.69, 9.17) is 5.84 Å². The third-order valence-corrected chi connectivity index (χ3v) is 3.63. The summed E-state index contributed by atoms with van der Waals surface area (Å²) in [5.74, 6) is 6.75. The van der Waals surface area contributed by atoms with Gasteiger partial charge in [-0.1, -0.05) is 6.07 Å². The van der Waals surface area contributed by atoms with E-state index in [2.05, 4.69) is 31.9 Å². The van der Waals surface area contributed by atoms with Gasteiger partial charge in [0, 0.05) is 37.8 Å². The van der Waals surface area contributed by atoms with Crippen molar-refractivity contribution >= 4 is 11.0 Å². The molecule has 0 radical (unpaired) electrons. The van der Waals surface area contributed by atoms with E-state index in [1.165, 1.54) is 0 Å². The average Bonchev–Trinajstić information content (AvgIpc) is 2.99. The van der Waals surface area contributed by atoms with Crippen molar-refractivity contribution in [3.8, 4) is 0 Å². The summed E-state index contributed by atoms with van der Waals surface area (Å²) >= 11 is 0. The van der Waals surface area contributed by atoms with E-state index in [0.717, 1.165) is 35.4 Å². The number of aryl methyl sites for hydroxylation is 1. The number of hydrogen-bond acceptors (Lipinski definition) is 5. The summed E-state index contributed by atoms with van der Waals surface area (Å²) < 4.78 is 2.12. The first-order valence-corrected chi connectivity index (χ1v) is 6.98. The van der Waals surface area contributed by atoms with Crippen LogP contribution in [0.1, 0.15) is 24.4 Å². The third kappa shape index (κ3) is 2.76. The summed E-state index contributed by atoms with van der Waals surface area (Å²) in [6, 6.07) is 6.00. The van der Waals surface area contributed by atoms with E-state index < -0.39 is 0 Å². The maximum Gasteiger partial charge on any atom is 0.110 e. The highest BCUT2D eigenvalue weighted by atomic mass is 15.2. The van der Waals surface area contributed by atoms with E-state index in [-0.39, 0.29) is 6.04 Å². The van der Waals surface area contributed by atoms with Gasteiger partial charge in [-0.25, -0.2) is 4.98 Å². The molecule has 3 N–H and O–H groups in total. The Morgan fingerprint density at radius 2 is 1.95 bits per heavy atom. The Hall–Kier alpha value is -2.31. The molecule has 3 rings (SSSR count). The van der Waals surface area contributed by atoms with Gasteiger partial charge in [-0.2, -0.15) is 0 Å². The molecule has 0 bridgehead atoms. The van der Waals surface area contributed by atoms with Crippen molar-refractivity contribution in [2.45, 2.75) is 25.9 Å². The molecular weight excluding hydrogens is 264 g/mol. The lowest BCUT2D eigenvalue weighted by Gasteiger charge is -2.17. The number of imidazole rings is 1. The van der Waals surface area contributed by atoms with Gasteiger partial charge in [0.1, 0.15) is 5.82 Å². The molecule has 1 atom stereocenters. The number of fused-ring (bicyclic) bond motifs is 1. The molecule has 3 aromatic rings. The Balaban J connectivity index is 1.90. The zero-order valence-electron chi connectivity index (χ0n) is 11.9. The van der Waals surface area contributed by atoms with Gasteiger partial charge in [0.15, 0.2) is 0 Å². The lowest BCUT2D eigenvalue weighted by atomic mass is 10.0. The van der Waals surface area contributed by atoms with Gasteiger partial charge in [-0.05, 0) is 24.6 Å². The van der Waals surface area contributed by atoms with Gasteiger partial charge in [0.25, 0.3) is 0 Å². The van der Waals surface area contributed by atoms with Crippen LogP contribution in [0, 0.1) is 0 Å². The first kappa shape index (κ1) is 13.7. The second-order valence-corrected chi connectivity index (χ2v) is 4.86. The van der Waals surface area contributed by atoms with E-state index in [0.29, 0.717) is 0 Å². The van der Waals surface area contributed by atoms with Crippen molar-refractivity contribution in [2.24, 2.45) is 5.84 Å². The summed E-state index contributed by atoms with van der Waals surface area (Å²) in [6.45, 7) is 3.00. The molecule has 108 valence electrons. The zero-order chi connectivity index (χ0) is 14.7. The minimum atomic E-state index is -0.0101. The van der Waals surface area contributed by atoms with Crippen LogP contribution < -0.4 is 11.3 Å². The average molecular weight is 282 g/mol. The SMILES string of the molecule is CCn1ccnc1CC(NN)c1ccc2nccnc2c1. The monoisotopic (exact) mass is 282 g/mol. The molecule has 0 spiro atoms. The second kappa shape index (κ2) is 5.99. The molecule has 1 unspecified atom stereocenters. The quantitative estimate of drug-likeness (QED) is 0.548. The van der Waals surface area contributed by atoms with Crippen LogP contribution in [0.15, 0.2) is 43.0 Å². The number of hydrazine groups is 1. The van der Waals surface area contributed by atoms with E-state index in [9.17, 15) is 0 Å². The second-order valence-electron chi connectivity index (χ2n) is 4.86. The van der Waals surface area contributed by atoms with Gasteiger partial charge in [0.05, 0.1) is 17.1 Å². The molecule has 0 saturated carbocycles. The predicted molar refractivity (Wildman–Crippen MR) is 81.2 cm³/mol. The van der Waals surface area contributed by atoms with Crippen molar-refractivity contribution in [1.82, 2.24) is 24.9 Å². The lowest BCUT2D eigenvalue weighted by molar-refractivity contribution is 0.523. The summed E-state index contributed by atoms with van der Waals surface area (Å²) in [6.07, 6.45) is 7.91. The molecule has 6 nitrogen and oxygen atoms in total. The van der Waals surface area contributed by atoms with Gasteiger partial charge in [-0.15, -0.1) is 0 Å². The number of benzene rings is 1. The maximum absolute atomic E-state index is 5.73. The molecule has 0 amide bonds. The Morgan fingerprint density at radius 3 is 2.71 bits per heavy atom. The molecule has 21 heavy (non-hydrogen) atoms. The molecule has 0 aliphatic carbocycles. The number of aromatic nitrogens is 4. The molecule has 2 aromatic heterocycles. The number of hydrogen-bond donors (Lipinski definition) is 2. The largest absolute Gasteiger partial charge is 0.335 e. The Labute approximate surface area is 123 Å². The molecule has 1 aromatic carbocycles. The van der Waals surface area contributed by atoms with Crippen molar-refractivity contribution in [2.75, 3.05) is 0 Å².